The predicted molar refractivity (Wildman–Crippen MR) is 164 cm³/mol. The number of carbonyl (C=O) groups is 2. The number of ether oxygens (including phenoxy) is 5. The highest BCUT2D eigenvalue weighted by molar-refractivity contribution is 5.70. The summed E-state index contributed by atoms with van der Waals surface area (Å²) in [5, 5.41) is 0. The van der Waals surface area contributed by atoms with Gasteiger partial charge in [-0.1, -0.05) is 34.6 Å². The van der Waals surface area contributed by atoms with Crippen molar-refractivity contribution >= 4 is 12.2 Å². The van der Waals surface area contributed by atoms with Crippen LogP contribution in [-0.2, 0) is 23.7 Å². The van der Waals surface area contributed by atoms with Gasteiger partial charge in [-0.05, 0) is 64.7 Å². The van der Waals surface area contributed by atoms with E-state index in [1.54, 1.807) is 6.20 Å². The summed E-state index contributed by atoms with van der Waals surface area (Å²) < 4.78 is 32.2. The first-order valence-electron chi connectivity index (χ1n) is 15.0. The molecule has 1 atom stereocenters. The van der Waals surface area contributed by atoms with E-state index in [2.05, 4.69) is 72.3 Å². The number of carbonyl (C=O) groups excluding carboxylic acids is 2. The summed E-state index contributed by atoms with van der Waals surface area (Å²) in [6.07, 6.45) is 9.38. The minimum atomic E-state index is -0.694. The minimum Gasteiger partial charge on any atom is -0.446 e. The van der Waals surface area contributed by atoms with Crippen molar-refractivity contribution in [1.29, 1.82) is 0 Å². The van der Waals surface area contributed by atoms with E-state index in [4.69, 9.17) is 23.7 Å². The second-order valence-corrected chi connectivity index (χ2v) is 14.0. The van der Waals surface area contributed by atoms with E-state index in [1.165, 1.54) is 40.4 Å². The van der Waals surface area contributed by atoms with E-state index in [1.807, 2.05) is 13.8 Å². The highest BCUT2D eigenvalue weighted by Crippen LogP contribution is 2.43. The van der Waals surface area contributed by atoms with Gasteiger partial charge in [0.05, 0.1) is 31.0 Å². The molecule has 11 nitrogen and oxygen atoms in total. The van der Waals surface area contributed by atoms with E-state index >= 15 is 0 Å². The van der Waals surface area contributed by atoms with Crippen molar-refractivity contribution in [3.8, 4) is 0 Å². The summed E-state index contributed by atoms with van der Waals surface area (Å²) in [6.45, 7) is 25.2. The maximum Gasteiger partial charge on any atom is 0.419 e. The zero-order chi connectivity index (χ0) is 32.5. The molecule has 2 rings (SSSR count). The molecule has 0 spiro atoms. The fourth-order valence-electron chi connectivity index (χ4n) is 4.14. The van der Waals surface area contributed by atoms with Crippen molar-refractivity contribution in [2.24, 2.45) is 16.7 Å². The molecule has 11 heteroatoms. The van der Waals surface area contributed by atoms with Crippen molar-refractivity contribution in [3.63, 3.8) is 0 Å². The molecular weight excluding hydrogens is 552 g/mol. The van der Waals surface area contributed by atoms with Gasteiger partial charge in [0.15, 0.2) is 0 Å². The lowest BCUT2D eigenvalue weighted by atomic mass is 9.68. The highest BCUT2D eigenvalue weighted by atomic mass is 16.6. The summed E-state index contributed by atoms with van der Waals surface area (Å²) in [6, 6.07) is 0. The quantitative estimate of drug-likeness (QED) is 0.184. The molecule has 2 aromatic rings. The summed E-state index contributed by atoms with van der Waals surface area (Å²) in [7, 11) is 0. The molecule has 1 unspecified atom stereocenters. The molecular formula is C32H54N4O7. The molecule has 2 aromatic heterocycles. The van der Waals surface area contributed by atoms with Gasteiger partial charge in [-0.15, -0.1) is 0 Å². The number of imidazole rings is 2. The third kappa shape index (κ3) is 10.4. The Hall–Kier alpha value is -2.76. The van der Waals surface area contributed by atoms with Gasteiger partial charge in [-0.2, -0.15) is 0 Å². The van der Waals surface area contributed by atoms with E-state index in [0.717, 1.165) is 6.42 Å². The van der Waals surface area contributed by atoms with Crippen LogP contribution in [0, 0.1) is 16.7 Å². The van der Waals surface area contributed by atoms with Gasteiger partial charge in [0.1, 0.15) is 24.9 Å². The molecule has 0 saturated heterocycles. The van der Waals surface area contributed by atoms with Crippen LogP contribution in [0.15, 0.2) is 37.4 Å². The Labute approximate surface area is 257 Å². The minimum absolute atomic E-state index is 0.171. The van der Waals surface area contributed by atoms with Crippen LogP contribution in [0.4, 0.5) is 9.59 Å². The van der Waals surface area contributed by atoms with Crippen molar-refractivity contribution in [2.75, 3.05) is 33.0 Å². The molecule has 0 amide bonds. The van der Waals surface area contributed by atoms with Crippen molar-refractivity contribution in [1.82, 2.24) is 19.1 Å². The van der Waals surface area contributed by atoms with Gasteiger partial charge in [0.2, 0.25) is 0 Å². The fourth-order valence-corrected chi connectivity index (χ4v) is 4.14. The van der Waals surface area contributed by atoms with Crippen LogP contribution in [0.5, 0.6) is 0 Å². The van der Waals surface area contributed by atoms with Crippen molar-refractivity contribution < 1.29 is 33.3 Å². The average molecular weight is 607 g/mol. The molecule has 0 aliphatic rings. The summed E-state index contributed by atoms with van der Waals surface area (Å²) >= 11 is 0. The predicted octanol–water partition coefficient (Wildman–Crippen LogP) is 6.60. The van der Waals surface area contributed by atoms with Crippen molar-refractivity contribution in [2.45, 2.75) is 106 Å². The SMILES string of the molecule is CC(COC(C)(C)C(C)(C)CCOCCOC(=O)n1ccnc1)C(C)(C)C(C)(C)OCCC(C)(C)OC(=O)n1ccnc1. The third-order valence-electron chi connectivity index (χ3n) is 9.39. The molecule has 0 N–H and O–H groups in total. The monoisotopic (exact) mass is 606 g/mol. The standard InChI is InChI=1S/C32H54N4O7/c1-25(30(6,7)32(10,11)41-19-13-29(4,5)43-27(38)36-17-15-34-24-36)22-42-31(8,9)28(2,3)12-18-39-20-21-40-26(37)35-16-14-33-23-35/h14-17,23-25H,12-13,18-22H2,1-11H3. The zero-order valence-corrected chi connectivity index (χ0v) is 28.1. The van der Waals surface area contributed by atoms with Crippen LogP contribution < -0.4 is 0 Å². The lowest BCUT2D eigenvalue weighted by Gasteiger charge is -2.48. The van der Waals surface area contributed by atoms with E-state index in [9.17, 15) is 9.59 Å². The number of hydrogen-bond donors (Lipinski definition) is 0. The Morgan fingerprint density at radius 2 is 1.30 bits per heavy atom. The van der Waals surface area contributed by atoms with Gasteiger partial charge in [0, 0.05) is 37.8 Å². The summed E-state index contributed by atoms with van der Waals surface area (Å²) in [5.74, 6) is 0.186. The lowest BCUT2D eigenvalue weighted by molar-refractivity contribution is -0.163. The second-order valence-electron chi connectivity index (χ2n) is 14.0. The Morgan fingerprint density at radius 1 is 0.721 bits per heavy atom. The van der Waals surface area contributed by atoms with Crippen LogP contribution in [0.2, 0.25) is 0 Å². The maximum atomic E-state index is 12.3. The molecule has 0 aromatic carbocycles. The van der Waals surface area contributed by atoms with E-state index in [0.29, 0.717) is 32.8 Å². The molecule has 0 bridgehead atoms. The smallest absolute Gasteiger partial charge is 0.419 e. The van der Waals surface area contributed by atoms with Crippen molar-refractivity contribution in [3.05, 3.63) is 37.4 Å². The van der Waals surface area contributed by atoms with Gasteiger partial charge in [-0.3, -0.25) is 0 Å². The molecule has 0 radical (unpaired) electrons. The van der Waals surface area contributed by atoms with E-state index < -0.39 is 29.0 Å². The van der Waals surface area contributed by atoms with Crippen LogP contribution in [0.1, 0.15) is 89.0 Å². The molecule has 2 heterocycles. The summed E-state index contributed by atoms with van der Waals surface area (Å²) in [4.78, 5) is 31.9. The topological polar surface area (TPSA) is 116 Å². The molecule has 244 valence electrons. The molecule has 0 fully saturated rings. The molecule has 0 aliphatic heterocycles. The van der Waals surface area contributed by atoms with Gasteiger partial charge < -0.3 is 23.7 Å². The third-order valence-corrected chi connectivity index (χ3v) is 9.39. The number of nitrogens with zero attached hydrogens (tertiary/aromatic N) is 4. The van der Waals surface area contributed by atoms with Gasteiger partial charge >= 0.3 is 12.2 Å². The van der Waals surface area contributed by atoms with Crippen LogP contribution in [0.3, 0.4) is 0 Å². The molecule has 0 aliphatic carbocycles. The average Bonchev–Trinajstić information content (AvgIpc) is 3.63. The molecule has 0 saturated carbocycles. The number of hydrogen-bond acceptors (Lipinski definition) is 9. The fraction of sp³-hybridized carbons (Fsp3) is 0.750. The zero-order valence-electron chi connectivity index (χ0n) is 28.1. The molecule has 43 heavy (non-hydrogen) atoms. The first kappa shape index (κ1) is 36.4. The largest absolute Gasteiger partial charge is 0.446 e. The van der Waals surface area contributed by atoms with Gasteiger partial charge in [-0.25, -0.2) is 28.7 Å². The summed E-state index contributed by atoms with van der Waals surface area (Å²) in [5.41, 5.74) is -1.96. The first-order valence-corrected chi connectivity index (χ1v) is 15.0. The Balaban J connectivity index is 1.78. The highest BCUT2D eigenvalue weighted by Gasteiger charge is 2.44. The van der Waals surface area contributed by atoms with Crippen LogP contribution in [0.25, 0.3) is 0 Å². The number of rotatable bonds is 17. The Bertz CT molecular complexity index is 1120. The second kappa shape index (κ2) is 14.8. The normalized spacial score (nSPS) is 14.0. The first-order chi connectivity index (χ1) is 19.8. The van der Waals surface area contributed by atoms with E-state index in [-0.39, 0.29) is 23.4 Å². The maximum absolute atomic E-state index is 12.3. The van der Waals surface area contributed by atoms with Gasteiger partial charge in [0.25, 0.3) is 0 Å². The van der Waals surface area contributed by atoms with Crippen LogP contribution in [-0.4, -0.2) is 81.1 Å². The number of aromatic nitrogens is 4. The Kier molecular flexibility index (Phi) is 12.5. The Morgan fingerprint density at radius 3 is 1.86 bits per heavy atom. The van der Waals surface area contributed by atoms with Crippen LogP contribution >= 0.6 is 0 Å². The lowest BCUT2D eigenvalue weighted by Crippen LogP contribution is -2.49.